The van der Waals surface area contributed by atoms with E-state index in [1.165, 1.54) is 6.08 Å². The van der Waals surface area contributed by atoms with Gasteiger partial charge in [0.25, 0.3) is 0 Å². The molecule has 0 saturated heterocycles. The lowest BCUT2D eigenvalue weighted by Gasteiger charge is -2.07. The SMILES string of the molecule is N#CCCCOc1cccc(NC(=O)C=Cc2ccc(Br)s2)c1. The van der Waals surface area contributed by atoms with Crippen molar-refractivity contribution in [1.82, 2.24) is 0 Å². The van der Waals surface area contributed by atoms with Crippen LogP contribution in [0, 0.1) is 11.3 Å². The molecule has 0 atom stereocenters. The largest absolute Gasteiger partial charge is 0.493 e. The molecule has 1 aromatic carbocycles. The van der Waals surface area contributed by atoms with E-state index >= 15 is 0 Å². The van der Waals surface area contributed by atoms with Crippen molar-refractivity contribution in [1.29, 1.82) is 5.26 Å². The van der Waals surface area contributed by atoms with Crippen LogP contribution in [-0.2, 0) is 4.79 Å². The van der Waals surface area contributed by atoms with Gasteiger partial charge in [-0.15, -0.1) is 11.3 Å². The summed E-state index contributed by atoms with van der Waals surface area (Å²) in [5.74, 6) is 0.475. The summed E-state index contributed by atoms with van der Waals surface area (Å²) in [6, 6.07) is 13.2. The van der Waals surface area contributed by atoms with Gasteiger partial charge in [0, 0.05) is 29.1 Å². The summed E-state index contributed by atoms with van der Waals surface area (Å²) >= 11 is 4.94. The van der Waals surface area contributed by atoms with Crippen LogP contribution in [0.15, 0.2) is 46.3 Å². The molecule has 118 valence electrons. The maximum Gasteiger partial charge on any atom is 0.248 e. The molecule has 2 aromatic rings. The summed E-state index contributed by atoms with van der Waals surface area (Å²) in [6.07, 6.45) is 4.43. The molecular weight excluding hydrogens is 376 g/mol. The fourth-order valence-corrected chi connectivity index (χ4v) is 3.09. The highest BCUT2D eigenvalue weighted by molar-refractivity contribution is 9.11. The Hall–Kier alpha value is -2.10. The van der Waals surface area contributed by atoms with E-state index < -0.39 is 0 Å². The number of nitrogens with zero attached hydrogens (tertiary/aromatic N) is 1. The normalized spacial score (nSPS) is 10.4. The van der Waals surface area contributed by atoms with Gasteiger partial charge < -0.3 is 10.1 Å². The number of ether oxygens (including phenoxy) is 1. The molecule has 0 radical (unpaired) electrons. The number of rotatable bonds is 7. The van der Waals surface area contributed by atoms with Crippen molar-refractivity contribution >= 4 is 44.9 Å². The van der Waals surface area contributed by atoms with E-state index in [0.29, 0.717) is 30.9 Å². The molecule has 6 heteroatoms. The molecule has 0 saturated carbocycles. The van der Waals surface area contributed by atoms with Crippen molar-refractivity contribution in [3.05, 3.63) is 51.1 Å². The third-order valence-electron chi connectivity index (χ3n) is 2.80. The monoisotopic (exact) mass is 390 g/mol. The van der Waals surface area contributed by atoms with E-state index in [-0.39, 0.29) is 5.91 Å². The zero-order valence-corrected chi connectivity index (χ0v) is 14.7. The van der Waals surface area contributed by atoms with Crippen LogP contribution in [0.3, 0.4) is 0 Å². The van der Waals surface area contributed by atoms with Gasteiger partial charge in [0.15, 0.2) is 0 Å². The molecule has 0 unspecified atom stereocenters. The number of carbonyl (C=O) groups excluding carboxylic acids is 1. The lowest BCUT2D eigenvalue weighted by molar-refractivity contribution is -0.111. The molecule has 4 nitrogen and oxygen atoms in total. The molecule has 2 rings (SSSR count). The Bertz CT molecular complexity index is 734. The van der Waals surface area contributed by atoms with E-state index in [1.54, 1.807) is 29.5 Å². The predicted molar refractivity (Wildman–Crippen MR) is 96.5 cm³/mol. The quantitative estimate of drug-likeness (QED) is 0.542. The van der Waals surface area contributed by atoms with Crippen molar-refractivity contribution < 1.29 is 9.53 Å². The van der Waals surface area contributed by atoms with Crippen LogP contribution in [0.1, 0.15) is 17.7 Å². The number of amides is 1. The summed E-state index contributed by atoms with van der Waals surface area (Å²) in [7, 11) is 0. The van der Waals surface area contributed by atoms with Crippen molar-refractivity contribution in [3.63, 3.8) is 0 Å². The van der Waals surface area contributed by atoms with Crippen molar-refractivity contribution in [2.24, 2.45) is 0 Å². The Kier molecular flexibility index (Phi) is 6.85. The van der Waals surface area contributed by atoms with E-state index in [9.17, 15) is 4.79 Å². The van der Waals surface area contributed by atoms with E-state index in [4.69, 9.17) is 10.00 Å². The number of halogens is 1. The topological polar surface area (TPSA) is 62.1 Å². The Morgan fingerprint density at radius 1 is 1.39 bits per heavy atom. The zero-order chi connectivity index (χ0) is 16.5. The zero-order valence-electron chi connectivity index (χ0n) is 12.3. The van der Waals surface area contributed by atoms with Gasteiger partial charge >= 0.3 is 0 Å². The molecular formula is C17H15BrN2O2S. The van der Waals surface area contributed by atoms with Crippen LogP contribution >= 0.6 is 27.3 Å². The van der Waals surface area contributed by atoms with Crippen LogP contribution < -0.4 is 10.1 Å². The first kappa shape index (κ1) is 17.3. The standard InChI is InChI=1S/C17H15BrN2O2S/c18-16-8-6-15(23-16)7-9-17(21)20-13-4-3-5-14(12-13)22-11-2-1-10-19/h3-9,12H,1-2,11H2,(H,20,21). The summed E-state index contributed by atoms with van der Waals surface area (Å²) in [6.45, 7) is 0.484. The van der Waals surface area contributed by atoms with Gasteiger partial charge in [0.05, 0.1) is 16.5 Å². The van der Waals surface area contributed by atoms with Crippen molar-refractivity contribution in [2.75, 3.05) is 11.9 Å². The van der Waals surface area contributed by atoms with Crippen LogP contribution in [0.25, 0.3) is 6.08 Å². The smallest absolute Gasteiger partial charge is 0.248 e. The third-order valence-corrected chi connectivity index (χ3v) is 4.39. The lowest BCUT2D eigenvalue weighted by atomic mass is 10.3. The van der Waals surface area contributed by atoms with E-state index in [1.807, 2.05) is 24.3 Å². The Balaban J connectivity index is 1.88. The molecule has 1 N–H and O–H groups in total. The van der Waals surface area contributed by atoms with Crippen LogP contribution in [-0.4, -0.2) is 12.5 Å². The summed E-state index contributed by atoms with van der Waals surface area (Å²) < 4.78 is 6.57. The summed E-state index contributed by atoms with van der Waals surface area (Å²) in [5, 5.41) is 11.3. The van der Waals surface area contributed by atoms with Crippen LogP contribution in [0.5, 0.6) is 5.75 Å². The molecule has 0 bridgehead atoms. The first-order valence-electron chi connectivity index (χ1n) is 7.01. The fourth-order valence-electron chi connectivity index (χ4n) is 1.76. The molecule has 0 aliphatic heterocycles. The number of benzene rings is 1. The maximum absolute atomic E-state index is 11.9. The van der Waals surface area contributed by atoms with E-state index in [2.05, 4.69) is 27.3 Å². The number of carbonyl (C=O) groups is 1. The first-order chi connectivity index (χ1) is 11.2. The third kappa shape index (κ3) is 6.27. The molecule has 1 heterocycles. The van der Waals surface area contributed by atoms with Crippen LogP contribution in [0.2, 0.25) is 0 Å². The highest BCUT2D eigenvalue weighted by Crippen LogP contribution is 2.23. The molecule has 0 spiro atoms. The second kappa shape index (κ2) is 9.13. The van der Waals surface area contributed by atoms with Crippen molar-refractivity contribution in [3.8, 4) is 11.8 Å². The molecule has 0 aliphatic rings. The molecule has 1 aromatic heterocycles. The number of unbranched alkanes of at least 4 members (excludes halogenated alkanes) is 1. The predicted octanol–water partition coefficient (Wildman–Crippen LogP) is 4.85. The lowest BCUT2D eigenvalue weighted by Crippen LogP contribution is -2.07. The van der Waals surface area contributed by atoms with Gasteiger partial charge in [0.1, 0.15) is 5.75 Å². The van der Waals surface area contributed by atoms with Gasteiger partial charge in [-0.1, -0.05) is 6.07 Å². The Labute approximate surface area is 147 Å². The molecule has 23 heavy (non-hydrogen) atoms. The average molecular weight is 391 g/mol. The number of thiophene rings is 1. The maximum atomic E-state index is 11.9. The van der Waals surface area contributed by atoms with Gasteiger partial charge in [-0.05, 0) is 52.7 Å². The van der Waals surface area contributed by atoms with Gasteiger partial charge in [0.2, 0.25) is 5.91 Å². The Morgan fingerprint density at radius 3 is 3.00 bits per heavy atom. The molecule has 0 fully saturated rings. The van der Waals surface area contributed by atoms with Crippen LogP contribution in [0.4, 0.5) is 5.69 Å². The van der Waals surface area contributed by atoms with Gasteiger partial charge in [-0.25, -0.2) is 0 Å². The number of anilines is 1. The second-order valence-corrected chi connectivity index (χ2v) is 7.10. The highest BCUT2D eigenvalue weighted by Gasteiger charge is 2.01. The Morgan fingerprint density at radius 2 is 2.26 bits per heavy atom. The number of hydrogen-bond acceptors (Lipinski definition) is 4. The fraction of sp³-hybridized carbons (Fsp3) is 0.176. The second-order valence-electron chi connectivity index (χ2n) is 4.60. The summed E-state index contributed by atoms with van der Waals surface area (Å²) in [5.41, 5.74) is 0.671. The van der Waals surface area contributed by atoms with Gasteiger partial charge in [-0.3, -0.25) is 4.79 Å². The molecule has 1 amide bonds. The van der Waals surface area contributed by atoms with E-state index in [0.717, 1.165) is 8.66 Å². The number of nitrogens with one attached hydrogen (secondary N) is 1. The van der Waals surface area contributed by atoms with Gasteiger partial charge in [-0.2, -0.15) is 5.26 Å². The minimum absolute atomic E-state index is 0.198. The number of nitriles is 1. The highest BCUT2D eigenvalue weighted by atomic mass is 79.9. The molecule has 0 aliphatic carbocycles. The average Bonchev–Trinajstić information content (AvgIpc) is 2.96. The minimum atomic E-state index is -0.198. The number of hydrogen-bond donors (Lipinski definition) is 1. The first-order valence-corrected chi connectivity index (χ1v) is 8.62. The summed E-state index contributed by atoms with van der Waals surface area (Å²) in [4.78, 5) is 12.9. The minimum Gasteiger partial charge on any atom is -0.493 e. The van der Waals surface area contributed by atoms with Crippen molar-refractivity contribution in [2.45, 2.75) is 12.8 Å².